The van der Waals surface area contributed by atoms with Gasteiger partial charge in [-0.2, -0.15) is 0 Å². The standard InChI is InChI=1S/C4H6BrF/c1-2-3-4(5)6/h2,4H,1,3H2. The van der Waals surface area contributed by atoms with E-state index >= 15 is 0 Å². The summed E-state index contributed by atoms with van der Waals surface area (Å²) < 4.78 is 11.5. The summed E-state index contributed by atoms with van der Waals surface area (Å²) in [5.41, 5.74) is 0. The van der Waals surface area contributed by atoms with E-state index in [1.807, 2.05) is 0 Å². The molecule has 0 radical (unpaired) electrons. The first kappa shape index (κ1) is 6.15. The average molecular weight is 153 g/mol. The Kier molecular flexibility index (Phi) is 3.43. The molecule has 1 atom stereocenters. The minimum absolute atomic E-state index is 0.389. The van der Waals surface area contributed by atoms with E-state index in [9.17, 15) is 4.39 Å². The van der Waals surface area contributed by atoms with Gasteiger partial charge < -0.3 is 0 Å². The topological polar surface area (TPSA) is 0 Å². The lowest BCUT2D eigenvalue weighted by molar-refractivity contribution is 0.466. The lowest BCUT2D eigenvalue weighted by atomic mass is 10.5. The number of allylic oxidation sites excluding steroid dienone is 1. The highest BCUT2D eigenvalue weighted by atomic mass is 79.9. The highest BCUT2D eigenvalue weighted by Gasteiger charge is 1.90. The Labute approximate surface area is 45.2 Å². The minimum Gasteiger partial charge on any atom is -0.235 e. The van der Waals surface area contributed by atoms with Crippen LogP contribution >= 0.6 is 15.9 Å². The van der Waals surface area contributed by atoms with Crippen LogP contribution in [-0.2, 0) is 0 Å². The van der Waals surface area contributed by atoms with Gasteiger partial charge in [-0.1, -0.05) is 22.0 Å². The van der Waals surface area contributed by atoms with Gasteiger partial charge in [0.15, 0.2) is 5.08 Å². The fraction of sp³-hybridized carbons (Fsp3) is 0.500. The van der Waals surface area contributed by atoms with E-state index in [1.165, 1.54) is 6.08 Å². The summed E-state index contributed by atoms with van der Waals surface area (Å²) in [6.45, 7) is 3.33. The van der Waals surface area contributed by atoms with E-state index in [0.717, 1.165) is 0 Å². The minimum atomic E-state index is -0.907. The van der Waals surface area contributed by atoms with Gasteiger partial charge in [0.05, 0.1) is 0 Å². The highest BCUT2D eigenvalue weighted by molar-refractivity contribution is 9.09. The van der Waals surface area contributed by atoms with Crippen molar-refractivity contribution < 1.29 is 4.39 Å². The maximum atomic E-state index is 11.5. The van der Waals surface area contributed by atoms with Crippen molar-refractivity contribution in [1.82, 2.24) is 0 Å². The Morgan fingerprint density at radius 2 is 2.50 bits per heavy atom. The third kappa shape index (κ3) is 4.15. The Balaban J connectivity index is 2.81. The van der Waals surface area contributed by atoms with Gasteiger partial charge in [-0.3, -0.25) is 0 Å². The smallest absolute Gasteiger partial charge is 0.158 e. The molecule has 0 aliphatic rings. The summed E-state index contributed by atoms with van der Waals surface area (Å²) >= 11 is 2.70. The number of alkyl halides is 2. The van der Waals surface area contributed by atoms with Gasteiger partial charge >= 0.3 is 0 Å². The van der Waals surface area contributed by atoms with E-state index in [2.05, 4.69) is 22.5 Å². The van der Waals surface area contributed by atoms with Crippen LogP contribution in [0.2, 0.25) is 0 Å². The van der Waals surface area contributed by atoms with E-state index in [4.69, 9.17) is 0 Å². The van der Waals surface area contributed by atoms with Crippen LogP contribution < -0.4 is 0 Å². The van der Waals surface area contributed by atoms with Gasteiger partial charge in [0.1, 0.15) is 0 Å². The van der Waals surface area contributed by atoms with E-state index in [1.54, 1.807) is 0 Å². The second-order valence-corrected chi connectivity index (χ2v) is 1.91. The van der Waals surface area contributed by atoms with Crippen LogP contribution in [-0.4, -0.2) is 5.08 Å². The average Bonchev–Trinajstić information content (AvgIpc) is 1.35. The highest BCUT2D eigenvalue weighted by Crippen LogP contribution is 2.04. The third-order valence-corrected chi connectivity index (χ3v) is 0.719. The lowest BCUT2D eigenvalue weighted by Crippen LogP contribution is -1.79. The van der Waals surface area contributed by atoms with Crippen LogP contribution in [0.25, 0.3) is 0 Å². The maximum absolute atomic E-state index is 11.5. The summed E-state index contributed by atoms with van der Waals surface area (Å²) in [5, 5.41) is -0.907. The van der Waals surface area contributed by atoms with E-state index in [-0.39, 0.29) is 0 Å². The molecule has 0 N–H and O–H groups in total. The van der Waals surface area contributed by atoms with Crippen molar-refractivity contribution in [3.63, 3.8) is 0 Å². The van der Waals surface area contributed by atoms with E-state index < -0.39 is 5.08 Å². The molecule has 0 heterocycles. The molecule has 1 unspecified atom stereocenters. The van der Waals surface area contributed by atoms with Crippen LogP contribution in [0.4, 0.5) is 4.39 Å². The van der Waals surface area contributed by atoms with Crippen molar-refractivity contribution >= 4 is 15.9 Å². The quantitative estimate of drug-likeness (QED) is 0.421. The number of hydrogen-bond acceptors (Lipinski definition) is 0. The van der Waals surface area contributed by atoms with Gasteiger partial charge in [-0.15, -0.1) is 6.58 Å². The first-order valence-electron chi connectivity index (χ1n) is 1.66. The van der Waals surface area contributed by atoms with Crippen molar-refractivity contribution in [2.75, 3.05) is 0 Å². The van der Waals surface area contributed by atoms with Gasteiger partial charge in [-0.25, -0.2) is 4.39 Å². The maximum Gasteiger partial charge on any atom is 0.158 e. The molecule has 0 bridgehead atoms. The van der Waals surface area contributed by atoms with Crippen LogP contribution in [0.3, 0.4) is 0 Å². The predicted molar refractivity (Wildman–Crippen MR) is 28.6 cm³/mol. The molecule has 0 rings (SSSR count). The largest absolute Gasteiger partial charge is 0.235 e. The van der Waals surface area contributed by atoms with Crippen molar-refractivity contribution in [2.24, 2.45) is 0 Å². The normalized spacial score (nSPS) is 13.7. The number of hydrogen-bond donors (Lipinski definition) is 0. The van der Waals surface area contributed by atoms with Gasteiger partial charge in [0, 0.05) is 6.42 Å². The molecular weight excluding hydrogens is 147 g/mol. The first-order chi connectivity index (χ1) is 2.77. The summed E-state index contributed by atoms with van der Waals surface area (Å²) in [7, 11) is 0. The zero-order valence-electron chi connectivity index (χ0n) is 3.32. The zero-order valence-corrected chi connectivity index (χ0v) is 4.91. The number of halogens is 2. The lowest BCUT2D eigenvalue weighted by Gasteiger charge is -1.85. The summed E-state index contributed by atoms with van der Waals surface area (Å²) in [4.78, 5) is 0. The molecule has 2 heteroatoms. The molecule has 36 valence electrons. The Morgan fingerprint density at radius 1 is 2.00 bits per heavy atom. The summed E-state index contributed by atoms with van der Waals surface area (Å²) in [6.07, 6.45) is 1.92. The van der Waals surface area contributed by atoms with Crippen LogP contribution in [0.5, 0.6) is 0 Å². The molecule has 0 aromatic rings. The molecular formula is C4H6BrF. The third-order valence-electron chi connectivity index (χ3n) is 0.345. The molecule has 0 fully saturated rings. The Morgan fingerprint density at radius 3 is 2.50 bits per heavy atom. The number of rotatable bonds is 2. The monoisotopic (exact) mass is 152 g/mol. The predicted octanol–water partition coefficient (Wildman–Crippen LogP) is 2.25. The van der Waals surface area contributed by atoms with Crippen LogP contribution in [0.15, 0.2) is 12.7 Å². The fourth-order valence-corrected chi connectivity index (χ4v) is 0.390. The Hall–Kier alpha value is 0.150. The van der Waals surface area contributed by atoms with Crippen LogP contribution in [0, 0.1) is 0 Å². The fourth-order valence-electron chi connectivity index (χ4n) is 0.126. The molecule has 0 saturated heterocycles. The molecule has 0 aromatic carbocycles. The zero-order chi connectivity index (χ0) is 4.99. The molecule has 6 heavy (non-hydrogen) atoms. The van der Waals surface area contributed by atoms with E-state index in [0.29, 0.717) is 6.42 Å². The van der Waals surface area contributed by atoms with Crippen LogP contribution in [0.1, 0.15) is 6.42 Å². The molecule has 0 saturated carbocycles. The second kappa shape index (κ2) is 3.34. The molecule has 0 aliphatic carbocycles. The molecule has 0 spiro atoms. The first-order valence-corrected chi connectivity index (χ1v) is 2.58. The van der Waals surface area contributed by atoms with Crippen molar-refractivity contribution in [1.29, 1.82) is 0 Å². The molecule has 0 aromatic heterocycles. The molecule has 0 nitrogen and oxygen atoms in total. The van der Waals surface area contributed by atoms with Gasteiger partial charge in [0.2, 0.25) is 0 Å². The SMILES string of the molecule is C=CCC(F)Br. The van der Waals surface area contributed by atoms with Gasteiger partial charge in [-0.05, 0) is 0 Å². The summed E-state index contributed by atoms with van der Waals surface area (Å²) in [5.74, 6) is 0. The molecule has 0 amide bonds. The molecule has 0 aliphatic heterocycles. The summed E-state index contributed by atoms with van der Waals surface area (Å²) in [6, 6.07) is 0. The Bertz CT molecular complexity index is 42.8. The van der Waals surface area contributed by atoms with Crippen molar-refractivity contribution in [3.05, 3.63) is 12.7 Å². The van der Waals surface area contributed by atoms with Crippen molar-refractivity contribution in [3.8, 4) is 0 Å². The van der Waals surface area contributed by atoms with Gasteiger partial charge in [0.25, 0.3) is 0 Å². The van der Waals surface area contributed by atoms with Crippen molar-refractivity contribution in [2.45, 2.75) is 11.5 Å². The second-order valence-electron chi connectivity index (χ2n) is 0.915.